The zero-order chi connectivity index (χ0) is 16.8. The molecule has 0 aromatic carbocycles. The Morgan fingerprint density at radius 3 is 1.52 bits per heavy atom. The monoisotopic (exact) mass is 329 g/mol. The van der Waals surface area contributed by atoms with E-state index < -0.39 is 0 Å². The van der Waals surface area contributed by atoms with E-state index in [1.807, 2.05) is 6.92 Å². The highest BCUT2D eigenvalue weighted by atomic mass is 16.5. The highest BCUT2D eigenvalue weighted by Crippen LogP contribution is 2.11. The molecule has 3 nitrogen and oxygen atoms in total. The molecule has 0 rings (SSSR count). The minimum atomic E-state index is 0.801. The molecule has 0 fully saturated rings. The summed E-state index contributed by atoms with van der Waals surface area (Å²) >= 11 is 0. The molecule has 0 spiro atoms. The van der Waals surface area contributed by atoms with Crippen molar-refractivity contribution in [3.05, 3.63) is 0 Å². The first kappa shape index (κ1) is 22.9. The fraction of sp³-hybridized carbons (Fsp3) is 1.00. The lowest BCUT2D eigenvalue weighted by molar-refractivity contribution is 0.123. The van der Waals surface area contributed by atoms with E-state index in [1.165, 1.54) is 77.0 Å². The lowest BCUT2D eigenvalue weighted by Crippen LogP contribution is -2.24. The molecule has 0 aromatic rings. The molecule has 3 heteroatoms. The Balaban J connectivity index is 2.92. The second-order valence-corrected chi connectivity index (χ2v) is 6.45. The maximum Gasteiger partial charge on any atom is 0.0590 e. The van der Waals surface area contributed by atoms with Gasteiger partial charge < -0.3 is 14.8 Å². The molecule has 1 N–H and O–H groups in total. The highest BCUT2D eigenvalue weighted by molar-refractivity contribution is 4.49. The number of hydrogen-bond donors (Lipinski definition) is 1. The van der Waals surface area contributed by atoms with Crippen molar-refractivity contribution in [3.63, 3.8) is 0 Å². The minimum absolute atomic E-state index is 0.801. The smallest absolute Gasteiger partial charge is 0.0590 e. The van der Waals surface area contributed by atoms with Crippen LogP contribution < -0.4 is 5.32 Å². The quantitative estimate of drug-likeness (QED) is 0.306. The van der Waals surface area contributed by atoms with Gasteiger partial charge in [-0.25, -0.2) is 0 Å². The van der Waals surface area contributed by atoms with Crippen molar-refractivity contribution in [1.29, 1.82) is 0 Å². The van der Waals surface area contributed by atoms with Crippen LogP contribution in [0.15, 0.2) is 0 Å². The average Bonchev–Trinajstić information content (AvgIpc) is 2.57. The topological polar surface area (TPSA) is 30.5 Å². The van der Waals surface area contributed by atoms with Gasteiger partial charge in [0.2, 0.25) is 0 Å². The molecule has 0 radical (unpaired) electrons. The fourth-order valence-electron chi connectivity index (χ4n) is 2.71. The molecule has 0 aliphatic rings. The third kappa shape index (κ3) is 21.9. The van der Waals surface area contributed by atoms with E-state index in [4.69, 9.17) is 9.47 Å². The Bertz CT molecular complexity index is 180. The summed E-state index contributed by atoms with van der Waals surface area (Å²) in [6, 6.07) is 0. The van der Waals surface area contributed by atoms with Gasteiger partial charge in [0.25, 0.3) is 0 Å². The summed E-state index contributed by atoms with van der Waals surface area (Å²) in [4.78, 5) is 0. The molecule has 140 valence electrons. The molecule has 0 atom stereocenters. The largest absolute Gasteiger partial charge is 0.380 e. The van der Waals surface area contributed by atoms with E-state index >= 15 is 0 Å². The van der Waals surface area contributed by atoms with Crippen LogP contribution in [0.2, 0.25) is 0 Å². The van der Waals surface area contributed by atoms with E-state index in [2.05, 4.69) is 12.2 Å². The highest BCUT2D eigenvalue weighted by Gasteiger charge is 1.94. The molecule has 0 aliphatic heterocycles. The number of ether oxygens (including phenoxy) is 2. The van der Waals surface area contributed by atoms with Crippen molar-refractivity contribution < 1.29 is 9.47 Å². The van der Waals surface area contributed by atoms with Crippen LogP contribution >= 0.6 is 0 Å². The Morgan fingerprint density at radius 2 is 1.00 bits per heavy atom. The molecular weight excluding hydrogens is 286 g/mol. The summed E-state index contributed by atoms with van der Waals surface area (Å²) < 4.78 is 10.9. The summed E-state index contributed by atoms with van der Waals surface area (Å²) in [5.74, 6) is 0. The van der Waals surface area contributed by atoms with Crippen LogP contribution in [0.1, 0.15) is 90.9 Å². The molecule has 0 bridgehead atoms. The van der Waals surface area contributed by atoms with Gasteiger partial charge in [0.05, 0.1) is 13.2 Å². The van der Waals surface area contributed by atoms with E-state index in [9.17, 15) is 0 Å². The molecule has 0 saturated carbocycles. The zero-order valence-electron chi connectivity index (χ0n) is 16.0. The Labute approximate surface area is 145 Å². The predicted molar refractivity (Wildman–Crippen MR) is 101 cm³/mol. The van der Waals surface area contributed by atoms with Crippen LogP contribution in [0.4, 0.5) is 0 Å². The number of rotatable bonds is 20. The number of hydrogen-bond acceptors (Lipinski definition) is 3. The Morgan fingerprint density at radius 1 is 0.522 bits per heavy atom. The molecule has 0 aromatic heterocycles. The first-order chi connectivity index (χ1) is 11.4. The van der Waals surface area contributed by atoms with Crippen molar-refractivity contribution in [2.45, 2.75) is 90.9 Å². The minimum Gasteiger partial charge on any atom is -0.380 e. The third-order valence-corrected chi connectivity index (χ3v) is 4.19. The molecule has 0 heterocycles. The summed E-state index contributed by atoms with van der Waals surface area (Å²) in [5.41, 5.74) is 0. The van der Waals surface area contributed by atoms with E-state index in [-0.39, 0.29) is 0 Å². The second kappa shape index (κ2) is 21.9. The SMILES string of the molecule is CCCCCCCCCCCCCCOCCNCCOCC. The van der Waals surface area contributed by atoms with Gasteiger partial charge in [0.15, 0.2) is 0 Å². The lowest BCUT2D eigenvalue weighted by atomic mass is 10.1. The maximum absolute atomic E-state index is 5.63. The summed E-state index contributed by atoms with van der Waals surface area (Å²) in [7, 11) is 0. The Hall–Kier alpha value is -0.120. The standard InChI is InChI=1S/C20H43NO2/c1-3-5-6-7-8-9-10-11-12-13-14-15-18-23-20-17-21-16-19-22-4-2/h21H,3-20H2,1-2H3. The Kier molecular flexibility index (Phi) is 21.8. The van der Waals surface area contributed by atoms with Crippen molar-refractivity contribution in [1.82, 2.24) is 5.32 Å². The number of unbranched alkanes of at least 4 members (excludes halogenated alkanes) is 11. The van der Waals surface area contributed by atoms with Gasteiger partial charge in [-0.05, 0) is 13.3 Å². The van der Waals surface area contributed by atoms with Crippen molar-refractivity contribution >= 4 is 0 Å². The normalized spacial score (nSPS) is 11.2. The van der Waals surface area contributed by atoms with Crippen molar-refractivity contribution in [2.75, 3.05) is 39.5 Å². The first-order valence-electron chi connectivity index (χ1n) is 10.3. The van der Waals surface area contributed by atoms with Gasteiger partial charge in [-0.3, -0.25) is 0 Å². The molecule has 0 amide bonds. The summed E-state index contributed by atoms with van der Waals surface area (Å²) in [6.45, 7) is 9.52. The van der Waals surface area contributed by atoms with Crippen LogP contribution in [0, 0.1) is 0 Å². The van der Waals surface area contributed by atoms with Crippen molar-refractivity contribution in [2.24, 2.45) is 0 Å². The molecule has 23 heavy (non-hydrogen) atoms. The van der Waals surface area contributed by atoms with E-state index in [0.29, 0.717) is 0 Å². The lowest BCUT2D eigenvalue weighted by Gasteiger charge is -2.06. The van der Waals surface area contributed by atoms with Crippen LogP contribution in [0.3, 0.4) is 0 Å². The summed E-state index contributed by atoms with van der Waals surface area (Å²) in [5, 5.41) is 3.32. The molecule has 0 saturated heterocycles. The van der Waals surface area contributed by atoms with Crippen LogP contribution in [0.5, 0.6) is 0 Å². The second-order valence-electron chi connectivity index (χ2n) is 6.45. The average molecular weight is 330 g/mol. The van der Waals surface area contributed by atoms with Crippen molar-refractivity contribution in [3.8, 4) is 0 Å². The van der Waals surface area contributed by atoms with Crippen LogP contribution in [-0.2, 0) is 9.47 Å². The van der Waals surface area contributed by atoms with Gasteiger partial charge in [-0.15, -0.1) is 0 Å². The first-order valence-corrected chi connectivity index (χ1v) is 10.3. The van der Waals surface area contributed by atoms with Gasteiger partial charge in [-0.1, -0.05) is 77.6 Å². The van der Waals surface area contributed by atoms with Gasteiger partial charge >= 0.3 is 0 Å². The predicted octanol–water partition coefficient (Wildman–Crippen LogP) is 5.33. The molecular formula is C20H43NO2. The van der Waals surface area contributed by atoms with Gasteiger partial charge in [-0.2, -0.15) is 0 Å². The molecule has 0 unspecified atom stereocenters. The van der Waals surface area contributed by atoms with Gasteiger partial charge in [0, 0.05) is 26.3 Å². The summed E-state index contributed by atoms with van der Waals surface area (Å²) in [6.07, 6.45) is 16.8. The molecule has 0 aliphatic carbocycles. The third-order valence-electron chi connectivity index (χ3n) is 4.19. The van der Waals surface area contributed by atoms with Crippen LogP contribution in [-0.4, -0.2) is 39.5 Å². The van der Waals surface area contributed by atoms with Gasteiger partial charge in [0.1, 0.15) is 0 Å². The maximum atomic E-state index is 5.63. The fourth-order valence-corrected chi connectivity index (χ4v) is 2.71. The number of nitrogens with one attached hydrogen (secondary N) is 1. The van der Waals surface area contributed by atoms with E-state index in [1.54, 1.807) is 0 Å². The zero-order valence-corrected chi connectivity index (χ0v) is 16.0. The van der Waals surface area contributed by atoms with E-state index in [0.717, 1.165) is 39.5 Å². The van der Waals surface area contributed by atoms with Crippen LogP contribution in [0.25, 0.3) is 0 Å².